The molecule has 2 N–H and O–H groups in total. The third kappa shape index (κ3) is 5.39. The second kappa shape index (κ2) is 9.36. The van der Waals surface area contributed by atoms with Crippen molar-refractivity contribution >= 4 is 16.8 Å². The van der Waals surface area contributed by atoms with E-state index in [0.29, 0.717) is 13.0 Å². The lowest BCUT2D eigenvalue weighted by atomic mass is 10.1. The van der Waals surface area contributed by atoms with Crippen molar-refractivity contribution in [3.05, 3.63) is 36.0 Å². The van der Waals surface area contributed by atoms with Crippen LogP contribution in [0.2, 0.25) is 0 Å². The molecule has 0 aliphatic carbocycles. The van der Waals surface area contributed by atoms with E-state index in [-0.39, 0.29) is 5.91 Å². The van der Waals surface area contributed by atoms with Crippen LogP contribution in [-0.4, -0.2) is 42.0 Å². The molecule has 1 aromatic carbocycles. The number of benzene rings is 1. The van der Waals surface area contributed by atoms with E-state index in [0.717, 1.165) is 44.4 Å². The quantitative estimate of drug-likeness (QED) is 0.706. The highest BCUT2D eigenvalue weighted by Crippen LogP contribution is 2.17. The number of aromatic nitrogens is 1. The summed E-state index contributed by atoms with van der Waals surface area (Å²) in [6.45, 7) is 8.09. The first-order chi connectivity index (χ1) is 11.2. The second-order valence-electron chi connectivity index (χ2n) is 6.05. The first-order valence-corrected chi connectivity index (χ1v) is 8.78. The van der Waals surface area contributed by atoms with Crippen LogP contribution in [0.4, 0.5) is 0 Å². The summed E-state index contributed by atoms with van der Waals surface area (Å²) in [5.41, 5.74) is 2.42. The van der Waals surface area contributed by atoms with Crippen molar-refractivity contribution in [2.45, 2.75) is 39.5 Å². The molecular weight excluding hydrogens is 286 g/mol. The zero-order valence-corrected chi connectivity index (χ0v) is 14.4. The van der Waals surface area contributed by atoms with Crippen LogP contribution in [-0.2, 0) is 11.2 Å². The summed E-state index contributed by atoms with van der Waals surface area (Å²) in [6, 6.07) is 8.28. The van der Waals surface area contributed by atoms with Gasteiger partial charge in [-0.15, -0.1) is 0 Å². The van der Waals surface area contributed by atoms with Gasteiger partial charge in [-0.05, 0) is 44.0 Å². The Labute approximate surface area is 139 Å². The highest BCUT2D eigenvalue weighted by Gasteiger charge is 2.07. The van der Waals surface area contributed by atoms with E-state index in [9.17, 15) is 4.79 Å². The normalized spacial score (nSPS) is 11.3. The SMILES string of the molecule is CCCN(CCC)CCC(=O)NCCc1c[nH]c2ccccc12. The Morgan fingerprint density at radius 1 is 1.13 bits per heavy atom. The summed E-state index contributed by atoms with van der Waals surface area (Å²) in [7, 11) is 0. The molecule has 0 radical (unpaired) electrons. The number of carbonyl (C=O) groups is 1. The molecule has 0 aliphatic rings. The molecule has 0 saturated carbocycles. The molecule has 1 aromatic heterocycles. The molecule has 23 heavy (non-hydrogen) atoms. The lowest BCUT2D eigenvalue weighted by molar-refractivity contribution is -0.121. The van der Waals surface area contributed by atoms with Crippen LogP contribution in [0.15, 0.2) is 30.5 Å². The fourth-order valence-electron chi connectivity index (χ4n) is 2.99. The molecule has 0 atom stereocenters. The van der Waals surface area contributed by atoms with Gasteiger partial charge >= 0.3 is 0 Å². The van der Waals surface area contributed by atoms with Crippen molar-refractivity contribution < 1.29 is 4.79 Å². The van der Waals surface area contributed by atoms with Gasteiger partial charge in [0.25, 0.3) is 0 Å². The van der Waals surface area contributed by atoms with E-state index in [1.807, 2.05) is 18.3 Å². The van der Waals surface area contributed by atoms with Crippen molar-refractivity contribution in [1.29, 1.82) is 0 Å². The molecule has 0 saturated heterocycles. The average molecular weight is 315 g/mol. The fraction of sp³-hybridized carbons (Fsp3) is 0.526. The molecule has 2 aromatic rings. The number of aromatic amines is 1. The van der Waals surface area contributed by atoms with Crippen LogP contribution >= 0.6 is 0 Å². The predicted octanol–water partition coefficient (Wildman–Crippen LogP) is 3.34. The van der Waals surface area contributed by atoms with Gasteiger partial charge in [0.15, 0.2) is 0 Å². The minimum absolute atomic E-state index is 0.155. The summed E-state index contributed by atoms with van der Waals surface area (Å²) in [5, 5.41) is 4.29. The summed E-state index contributed by atoms with van der Waals surface area (Å²) < 4.78 is 0. The highest BCUT2D eigenvalue weighted by molar-refractivity contribution is 5.83. The molecule has 0 unspecified atom stereocenters. The predicted molar refractivity (Wildman–Crippen MR) is 96.7 cm³/mol. The van der Waals surface area contributed by atoms with E-state index >= 15 is 0 Å². The van der Waals surface area contributed by atoms with Crippen LogP contribution in [0.25, 0.3) is 10.9 Å². The monoisotopic (exact) mass is 315 g/mol. The van der Waals surface area contributed by atoms with Crippen molar-refractivity contribution in [3.8, 4) is 0 Å². The first-order valence-electron chi connectivity index (χ1n) is 8.78. The Morgan fingerprint density at radius 2 is 1.87 bits per heavy atom. The molecule has 0 aliphatic heterocycles. The van der Waals surface area contributed by atoms with E-state index in [2.05, 4.69) is 41.2 Å². The first kappa shape index (κ1) is 17.5. The molecule has 0 fully saturated rings. The molecule has 126 valence electrons. The molecule has 4 nitrogen and oxygen atoms in total. The number of para-hydroxylation sites is 1. The minimum atomic E-state index is 0.155. The van der Waals surface area contributed by atoms with Gasteiger partial charge in [-0.3, -0.25) is 4.79 Å². The number of carbonyl (C=O) groups excluding carboxylic acids is 1. The molecule has 2 rings (SSSR count). The average Bonchev–Trinajstić information content (AvgIpc) is 2.96. The standard InChI is InChI=1S/C19H29N3O/c1-3-12-22(13-4-2)14-10-19(23)20-11-9-16-15-21-18-8-6-5-7-17(16)18/h5-8,15,21H,3-4,9-14H2,1-2H3,(H,20,23). The Morgan fingerprint density at radius 3 is 2.61 bits per heavy atom. The lowest BCUT2D eigenvalue weighted by Crippen LogP contribution is -2.32. The van der Waals surface area contributed by atoms with Crippen molar-refractivity contribution in [2.24, 2.45) is 0 Å². The summed E-state index contributed by atoms with van der Waals surface area (Å²) in [6.07, 6.45) is 5.78. The second-order valence-corrected chi connectivity index (χ2v) is 6.05. The smallest absolute Gasteiger partial charge is 0.221 e. The van der Waals surface area contributed by atoms with Gasteiger partial charge in [-0.25, -0.2) is 0 Å². The number of nitrogens with one attached hydrogen (secondary N) is 2. The fourth-order valence-corrected chi connectivity index (χ4v) is 2.99. The maximum Gasteiger partial charge on any atom is 0.221 e. The molecular formula is C19H29N3O. The zero-order valence-electron chi connectivity index (χ0n) is 14.4. The maximum absolute atomic E-state index is 12.0. The van der Waals surface area contributed by atoms with Crippen LogP contribution in [0.3, 0.4) is 0 Å². The van der Waals surface area contributed by atoms with Crippen molar-refractivity contribution in [3.63, 3.8) is 0 Å². The summed E-state index contributed by atoms with van der Waals surface area (Å²) in [5.74, 6) is 0.155. The van der Waals surface area contributed by atoms with Crippen molar-refractivity contribution in [2.75, 3.05) is 26.2 Å². The van der Waals surface area contributed by atoms with Gasteiger partial charge in [-0.2, -0.15) is 0 Å². The Balaban J connectivity index is 1.72. The molecule has 1 heterocycles. The summed E-state index contributed by atoms with van der Waals surface area (Å²) in [4.78, 5) is 17.7. The Bertz CT molecular complexity index is 599. The largest absolute Gasteiger partial charge is 0.361 e. The van der Waals surface area contributed by atoms with Gasteiger partial charge in [-0.1, -0.05) is 32.0 Å². The van der Waals surface area contributed by atoms with Crippen LogP contribution in [0.5, 0.6) is 0 Å². The lowest BCUT2D eigenvalue weighted by Gasteiger charge is -2.20. The van der Waals surface area contributed by atoms with E-state index in [4.69, 9.17) is 0 Å². The number of nitrogens with zero attached hydrogens (tertiary/aromatic N) is 1. The van der Waals surface area contributed by atoms with Gasteiger partial charge in [0.1, 0.15) is 0 Å². The van der Waals surface area contributed by atoms with Crippen LogP contribution in [0, 0.1) is 0 Å². The highest BCUT2D eigenvalue weighted by atomic mass is 16.1. The number of hydrogen-bond donors (Lipinski definition) is 2. The van der Waals surface area contributed by atoms with Crippen LogP contribution < -0.4 is 5.32 Å². The number of fused-ring (bicyclic) bond motifs is 1. The number of H-pyrrole nitrogens is 1. The minimum Gasteiger partial charge on any atom is -0.361 e. The number of rotatable bonds is 10. The Hall–Kier alpha value is -1.81. The summed E-state index contributed by atoms with van der Waals surface area (Å²) >= 11 is 0. The number of amides is 1. The van der Waals surface area contributed by atoms with E-state index < -0.39 is 0 Å². The molecule has 0 spiro atoms. The molecule has 1 amide bonds. The molecule has 4 heteroatoms. The van der Waals surface area contributed by atoms with Gasteiger partial charge in [0.05, 0.1) is 0 Å². The van der Waals surface area contributed by atoms with Gasteiger partial charge < -0.3 is 15.2 Å². The van der Waals surface area contributed by atoms with Gasteiger partial charge in [0.2, 0.25) is 5.91 Å². The third-order valence-corrected chi connectivity index (χ3v) is 4.13. The van der Waals surface area contributed by atoms with Crippen molar-refractivity contribution in [1.82, 2.24) is 15.2 Å². The van der Waals surface area contributed by atoms with E-state index in [1.165, 1.54) is 10.9 Å². The molecule has 0 bridgehead atoms. The van der Waals surface area contributed by atoms with Crippen LogP contribution in [0.1, 0.15) is 38.7 Å². The topological polar surface area (TPSA) is 48.1 Å². The maximum atomic E-state index is 12.0. The van der Waals surface area contributed by atoms with Gasteiger partial charge in [0, 0.05) is 36.6 Å². The van der Waals surface area contributed by atoms with E-state index in [1.54, 1.807) is 0 Å². The zero-order chi connectivity index (χ0) is 16.5. The number of hydrogen-bond acceptors (Lipinski definition) is 2. The third-order valence-electron chi connectivity index (χ3n) is 4.13. The Kier molecular flexibility index (Phi) is 7.14.